The first-order chi connectivity index (χ1) is 6.45. The van der Waals surface area contributed by atoms with Crippen LogP contribution in [0.2, 0.25) is 0 Å². The zero-order valence-corrected chi connectivity index (χ0v) is 7.66. The highest BCUT2D eigenvalue weighted by Gasteiger charge is 2.11. The van der Waals surface area contributed by atoms with Gasteiger partial charge in [-0.2, -0.15) is 0 Å². The Labute approximate surface area is 78.6 Å². The second-order valence-electron chi connectivity index (χ2n) is 3.40. The molecule has 2 N–H and O–H groups in total. The summed E-state index contributed by atoms with van der Waals surface area (Å²) in [4.78, 5) is 4.23. The Morgan fingerprint density at radius 2 is 2.46 bits per heavy atom. The number of rotatable bonds is 2. The van der Waals surface area contributed by atoms with Crippen LogP contribution in [0.25, 0.3) is 0 Å². The molecule has 0 unspecified atom stereocenters. The van der Waals surface area contributed by atoms with E-state index in [2.05, 4.69) is 15.6 Å². The Kier molecular flexibility index (Phi) is 2.77. The van der Waals surface area contributed by atoms with Crippen LogP contribution in [-0.2, 0) is 0 Å². The normalized spacial score (nSPS) is 22.6. The highest BCUT2D eigenvalue weighted by Crippen LogP contribution is 2.08. The van der Waals surface area contributed by atoms with Crippen LogP contribution in [0, 0.1) is 0 Å². The highest BCUT2D eigenvalue weighted by molar-refractivity contribution is 5.34. The van der Waals surface area contributed by atoms with Crippen LogP contribution in [0.1, 0.15) is 12.8 Å². The number of nitrogens with zero attached hydrogens (tertiary/aromatic N) is 1. The maximum absolute atomic E-state index is 4.23. The van der Waals surface area contributed by atoms with Crippen molar-refractivity contribution in [1.29, 1.82) is 0 Å². The van der Waals surface area contributed by atoms with Crippen LogP contribution in [0.15, 0.2) is 24.4 Å². The van der Waals surface area contributed by atoms with E-state index in [4.69, 9.17) is 0 Å². The van der Waals surface area contributed by atoms with Crippen molar-refractivity contribution < 1.29 is 0 Å². The molecule has 0 aliphatic carbocycles. The summed E-state index contributed by atoms with van der Waals surface area (Å²) < 4.78 is 0. The molecule has 3 nitrogen and oxygen atoms in total. The van der Waals surface area contributed by atoms with E-state index in [-0.39, 0.29) is 0 Å². The summed E-state index contributed by atoms with van der Waals surface area (Å²) in [6.45, 7) is 2.21. The van der Waals surface area contributed by atoms with Crippen LogP contribution in [-0.4, -0.2) is 24.1 Å². The van der Waals surface area contributed by atoms with Gasteiger partial charge < -0.3 is 10.6 Å². The molecule has 13 heavy (non-hydrogen) atoms. The molecule has 1 aliphatic rings. The van der Waals surface area contributed by atoms with Gasteiger partial charge in [-0.05, 0) is 31.5 Å². The zero-order chi connectivity index (χ0) is 8.93. The van der Waals surface area contributed by atoms with Crippen molar-refractivity contribution in [2.24, 2.45) is 0 Å². The van der Waals surface area contributed by atoms with Crippen LogP contribution < -0.4 is 10.6 Å². The minimum Gasteiger partial charge on any atom is -0.366 e. The molecule has 0 spiro atoms. The summed E-state index contributed by atoms with van der Waals surface area (Å²) in [6, 6.07) is 6.49. The molecule has 0 aromatic carbocycles. The van der Waals surface area contributed by atoms with E-state index in [1.165, 1.54) is 12.8 Å². The summed E-state index contributed by atoms with van der Waals surface area (Å²) in [6.07, 6.45) is 4.31. The predicted octanol–water partition coefficient (Wildman–Crippen LogP) is 1.25. The molecule has 2 rings (SSSR count). The summed E-state index contributed by atoms with van der Waals surface area (Å²) in [5.41, 5.74) is 0. The Balaban J connectivity index is 1.90. The molecule has 1 saturated heterocycles. The molecule has 0 saturated carbocycles. The third-order valence-corrected chi connectivity index (χ3v) is 2.31. The second-order valence-corrected chi connectivity index (χ2v) is 3.40. The van der Waals surface area contributed by atoms with Crippen molar-refractivity contribution in [1.82, 2.24) is 10.3 Å². The van der Waals surface area contributed by atoms with Gasteiger partial charge in [0.1, 0.15) is 5.82 Å². The topological polar surface area (TPSA) is 37.0 Å². The molecule has 0 amide bonds. The number of hydrogen-bond acceptors (Lipinski definition) is 3. The average Bonchev–Trinajstić information content (AvgIpc) is 2.21. The number of anilines is 1. The molecule has 1 aromatic rings. The van der Waals surface area contributed by atoms with Gasteiger partial charge in [-0.3, -0.25) is 0 Å². The number of hydrogen-bond donors (Lipinski definition) is 2. The molecule has 1 aliphatic heterocycles. The third-order valence-electron chi connectivity index (χ3n) is 2.31. The van der Waals surface area contributed by atoms with Crippen molar-refractivity contribution in [3.05, 3.63) is 24.4 Å². The quantitative estimate of drug-likeness (QED) is 0.713. The molecule has 0 radical (unpaired) electrons. The van der Waals surface area contributed by atoms with Gasteiger partial charge in [0.25, 0.3) is 0 Å². The fourth-order valence-electron chi connectivity index (χ4n) is 1.63. The first kappa shape index (κ1) is 8.51. The van der Waals surface area contributed by atoms with Gasteiger partial charge in [0.05, 0.1) is 0 Å². The van der Waals surface area contributed by atoms with Crippen molar-refractivity contribution in [2.45, 2.75) is 18.9 Å². The monoisotopic (exact) mass is 177 g/mol. The minimum absolute atomic E-state index is 0.545. The molecule has 1 aromatic heterocycles. The summed E-state index contributed by atoms with van der Waals surface area (Å²) >= 11 is 0. The molecule has 70 valence electrons. The maximum atomic E-state index is 4.23. The predicted molar refractivity (Wildman–Crippen MR) is 53.8 cm³/mol. The first-order valence-corrected chi connectivity index (χ1v) is 4.83. The van der Waals surface area contributed by atoms with Crippen molar-refractivity contribution in [3.8, 4) is 0 Å². The molecular formula is C10H15N3. The van der Waals surface area contributed by atoms with E-state index in [1.54, 1.807) is 0 Å². The van der Waals surface area contributed by atoms with Gasteiger partial charge in [0, 0.05) is 18.8 Å². The molecule has 1 atom stereocenters. The zero-order valence-electron chi connectivity index (χ0n) is 7.66. The van der Waals surface area contributed by atoms with Crippen molar-refractivity contribution in [3.63, 3.8) is 0 Å². The van der Waals surface area contributed by atoms with Gasteiger partial charge in [-0.1, -0.05) is 6.07 Å². The minimum atomic E-state index is 0.545. The number of piperidine rings is 1. The van der Waals surface area contributed by atoms with Gasteiger partial charge in [0.15, 0.2) is 0 Å². The first-order valence-electron chi connectivity index (χ1n) is 4.83. The lowest BCUT2D eigenvalue weighted by molar-refractivity contribution is 0.479. The van der Waals surface area contributed by atoms with Crippen LogP contribution in [0.4, 0.5) is 5.82 Å². The molecule has 3 heteroatoms. The van der Waals surface area contributed by atoms with Crippen LogP contribution in [0.5, 0.6) is 0 Å². The Bertz CT molecular complexity index is 242. The SMILES string of the molecule is c1ccc(N[C@@H]2CCCNC2)nc1. The summed E-state index contributed by atoms with van der Waals surface area (Å²) in [5.74, 6) is 0.983. The fourth-order valence-corrected chi connectivity index (χ4v) is 1.63. The van der Waals surface area contributed by atoms with Gasteiger partial charge in [-0.25, -0.2) is 4.98 Å². The lowest BCUT2D eigenvalue weighted by Crippen LogP contribution is -2.38. The fraction of sp³-hybridized carbons (Fsp3) is 0.500. The second kappa shape index (κ2) is 4.23. The molecular weight excluding hydrogens is 162 g/mol. The lowest BCUT2D eigenvalue weighted by Gasteiger charge is -2.24. The van der Waals surface area contributed by atoms with Gasteiger partial charge >= 0.3 is 0 Å². The lowest BCUT2D eigenvalue weighted by atomic mass is 10.1. The molecule has 2 heterocycles. The Hall–Kier alpha value is -1.09. The van der Waals surface area contributed by atoms with Gasteiger partial charge in [0.2, 0.25) is 0 Å². The van der Waals surface area contributed by atoms with E-state index in [0.717, 1.165) is 18.9 Å². The Morgan fingerprint density at radius 3 is 3.15 bits per heavy atom. The number of aromatic nitrogens is 1. The third kappa shape index (κ3) is 2.42. The van der Waals surface area contributed by atoms with E-state index in [1.807, 2.05) is 24.4 Å². The summed E-state index contributed by atoms with van der Waals surface area (Å²) in [5, 5.41) is 6.77. The number of pyridine rings is 1. The van der Waals surface area contributed by atoms with E-state index < -0.39 is 0 Å². The van der Waals surface area contributed by atoms with Crippen LogP contribution >= 0.6 is 0 Å². The van der Waals surface area contributed by atoms with E-state index in [9.17, 15) is 0 Å². The Morgan fingerprint density at radius 1 is 1.46 bits per heavy atom. The standard InChI is InChI=1S/C10H15N3/c1-2-7-12-10(5-1)13-9-4-3-6-11-8-9/h1-2,5,7,9,11H,3-4,6,8H2,(H,12,13)/t9-/m1/s1. The number of nitrogens with one attached hydrogen (secondary N) is 2. The maximum Gasteiger partial charge on any atom is 0.126 e. The van der Waals surface area contributed by atoms with Gasteiger partial charge in [-0.15, -0.1) is 0 Å². The largest absolute Gasteiger partial charge is 0.366 e. The van der Waals surface area contributed by atoms with Crippen LogP contribution in [0.3, 0.4) is 0 Å². The average molecular weight is 177 g/mol. The summed E-state index contributed by atoms with van der Waals surface area (Å²) in [7, 11) is 0. The van der Waals surface area contributed by atoms with E-state index >= 15 is 0 Å². The molecule has 0 bridgehead atoms. The molecule has 1 fully saturated rings. The van der Waals surface area contributed by atoms with E-state index in [0.29, 0.717) is 6.04 Å². The van der Waals surface area contributed by atoms with Crippen molar-refractivity contribution in [2.75, 3.05) is 18.4 Å². The van der Waals surface area contributed by atoms with Crippen molar-refractivity contribution >= 4 is 5.82 Å². The smallest absolute Gasteiger partial charge is 0.126 e. The highest BCUT2D eigenvalue weighted by atomic mass is 15.1.